The number of aromatic nitrogens is 2. The Bertz CT molecular complexity index is 360. The molecule has 4 nitrogen and oxygen atoms in total. The van der Waals surface area contributed by atoms with Crippen molar-refractivity contribution in [2.75, 3.05) is 6.54 Å². The fraction of sp³-hybridized carbons (Fsp3) is 0.714. The molecule has 0 bridgehead atoms. The van der Waals surface area contributed by atoms with Gasteiger partial charge in [-0.2, -0.15) is 5.10 Å². The molecule has 0 aliphatic rings. The zero-order valence-corrected chi connectivity index (χ0v) is 11.6. The van der Waals surface area contributed by atoms with E-state index in [0.717, 1.165) is 37.9 Å². The first kappa shape index (κ1) is 14.9. The molecule has 1 rings (SSSR count). The van der Waals surface area contributed by atoms with Gasteiger partial charge < -0.3 is 5.73 Å². The highest BCUT2D eigenvalue weighted by atomic mass is 16.1. The summed E-state index contributed by atoms with van der Waals surface area (Å²) in [5.74, 6) is 0.960. The molecule has 2 N–H and O–H groups in total. The molecule has 1 atom stereocenters. The molecule has 0 saturated heterocycles. The van der Waals surface area contributed by atoms with Crippen molar-refractivity contribution in [2.45, 2.75) is 45.4 Å². The molecular formula is C14H25N3O. The van der Waals surface area contributed by atoms with E-state index in [2.05, 4.69) is 12.0 Å². The molecule has 1 heterocycles. The first-order chi connectivity index (χ1) is 8.67. The lowest BCUT2D eigenvalue weighted by Gasteiger charge is -2.12. The van der Waals surface area contributed by atoms with E-state index in [1.54, 1.807) is 6.20 Å². The topological polar surface area (TPSA) is 60.9 Å². The average molecular weight is 251 g/mol. The second-order valence-electron chi connectivity index (χ2n) is 4.88. The molecular weight excluding hydrogens is 226 g/mol. The Morgan fingerprint density at radius 2 is 2.22 bits per heavy atom. The zero-order chi connectivity index (χ0) is 13.4. The Balaban J connectivity index is 2.23. The second-order valence-corrected chi connectivity index (χ2v) is 4.88. The van der Waals surface area contributed by atoms with Crippen molar-refractivity contribution in [3.05, 3.63) is 18.0 Å². The van der Waals surface area contributed by atoms with Crippen LogP contribution in [0.4, 0.5) is 0 Å². The van der Waals surface area contributed by atoms with Gasteiger partial charge in [-0.25, -0.2) is 0 Å². The van der Waals surface area contributed by atoms with Crippen LogP contribution in [-0.2, 0) is 18.3 Å². The third-order valence-corrected chi connectivity index (χ3v) is 3.57. The van der Waals surface area contributed by atoms with Gasteiger partial charge in [0.25, 0.3) is 0 Å². The number of ketones is 1. The molecule has 0 fully saturated rings. The standard InChI is InChI=1S/C14H25N3O/c1-3-12(8-10-15)4-6-14(18)7-5-13-9-11-16-17(13)2/h9,11-12H,3-8,10,15H2,1-2H3. The SMILES string of the molecule is CCC(CCN)CCC(=O)CCc1ccnn1C. The Hall–Kier alpha value is -1.16. The van der Waals surface area contributed by atoms with Gasteiger partial charge in [0.05, 0.1) is 0 Å². The van der Waals surface area contributed by atoms with Crippen LogP contribution in [0.1, 0.15) is 44.7 Å². The van der Waals surface area contributed by atoms with Crippen LogP contribution in [0.2, 0.25) is 0 Å². The first-order valence-electron chi connectivity index (χ1n) is 6.86. The lowest BCUT2D eigenvalue weighted by atomic mass is 9.94. The van der Waals surface area contributed by atoms with Crippen molar-refractivity contribution in [3.63, 3.8) is 0 Å². The highest BCUT2D eigenvalue weighted by Gasteiger charge is 2.10. The van der Waals surface area contributed by atoms with Gasteiger partial charge in [0.2, 0.25) is 0 Å². The second kappa shape index (κ2) is 8.03. The summed E-state index contributed by atoms with van der Waals surface area (Å²) in [6, 6.07) is 1.97. The van der Waals surface area contributed by atoms with E-state index in [9.17, 15) is 4.79 Å². The third kappa shape index (κ3) is 5.00. The molecule has 0 saturated carbocycles. The number of aryl methyl sites for hydroxylation is 2. The molecule has 0 aliphatic heterocycles. The Kier molecular flexibility index (Phi) is 6.65. The van der Waals surface area contributed by atoms with E-state index in [-0.39, 0.29) is 0 Å². The van der Waals surface area contributed by atoms with Crippen LogP contribution < -0.4 is 5.73 Å². The number of nitrogens with two attached hydrogens (primary N) is 1. The number of carbonyl (C=O) groups excluding carboxylic acids is 1. The summed E-state index contributed by atoms with van der Waals surface area (Å²) in [7, 11) is 1.91. The van der Waals surface area contributed by atoms with Crippen LogP contribution in [0.5, 0.6) is 0 Å². The van der Waals surface area contributed by atoms with Crippen molar-refractivity contribution < 1.29 is 4.79 Å². The highest BCUT2D eigenvalue weighted by molar-refractivity contribution is 5.78. The molecule has 18 heavy (non-hydrogen) atoms. The van der Waals surface area contributed by atoms with E-state index in [0.29, 0.717) is 24.5 Å². The quantitative estimate of drug-likeness (QED) is 0.731. The number of carbonyl (C=O) groups is 1. The summed E-state index contributed by atoms with van der Waals surface area (Å²) < 4.78 is 1.83. The number of Topliss-reactive ketones (excluding diaryl/α,β-unsaturated/α-hetero) is 1. The van der Waals surface area contributed by atoms with E-state index in [1.165, 1.54) is 0 Å². The fourth-order valence-electron chi connectivity index (χ4n) is 2.19. The number of nitrogens with zero attached hydrogens (tertiary/aromatic N) is 2. The van der Waals surface area contributed by atoms with Gasteiger partial charge in [-0.05, 0) is 37.8 Å². The molecule has 1 unspecified atom stereocenters. The van der Waals surface area contributed by atoms with E-state index in [1.807, 2.05) is 17.8 Å². The zero-order valence-electron chi connectivity index (χ0n) is 11.6. The smallest absolute Gasteiger partial charge is 0.133 e. The summed E-state index contributed by atoms with van der Waals surface area (Å²) >= 11 is 0. The van der Waals surface area contributed by atoms with E-state index >= 15 is 0 Å². The lowest BCUT2D eigenvalue weighted by Crippen LogP contribution is -2.11. The summed E-state index contributed by atoms with van der Waals surface area (Å²) in [6.07, 6.45) is 7.02. The van der Waals surface area contributed by atoms with Gasteiger partial charge in [0.15, 0.2) is 0 Å². The number of hydrogen-bond donors (Lipinski definition) is 1. The van der Waals surface area contributed by atoms with Gasteiger partial charge in [-0.15, -0.1) is 0 Å². The van der Waals surface area contributed by atoms with Crippen molar-refractivity contribution in [2.24, 2.45) is 18.7 Å². The van der Waals surface area contributed by atoms with Gasteiger partial charge in [-0.3, -0.25) is 9.48 Å². The Morgan fingerprint density at radius 3 is 2.78 bits per heavy atom. The number of hydrogen-bond acceptors (Lipinski definition) is 3. The van der Waals surface area contributed by atoms with Crippen LogP contribution in [-0.4, -0.2) is 22.1 Å². The van der Waals surface area contributed by atoms with Gasteiger partial charge >= 0.3 is 0 Å². The summed E-state index contributed by atoms with van der Waals surface area (Å²) in [5.41, 5.74) is 6.68. The van der Waals surface area contributed by atoms with Crippen molar-refractivity contribution in [1.82, 2.24) is 9.78 Å². The predicted molar refractivity (Wildman–Crippen MR) is 73.2 cm³/mol. The molecule has 0 aromatic carbocycles. The van der Waals surface area contributed by atoms with Crippen LogP contribution >= 0.6 is 0 Å². The van der Waals surface area contributed by atoms with Gasteiger partial charge in [0, 0.05) is 31.8 Å². The number of rotatable bonds is 9. The molecule has 0 amide bonds. The molecule has 0 spiro atoms. The highest BCUT2D eigenvalue weighted by Crippen LogP contribution is 2.15. The van der Waals surface area contributed by atoms with Crippen LogP contribution in [0.15, 0.2) is 12.3 Å². The normalized spacial score (nSPS) is 12.6. The minimum absolute atomic E-state index is 0.353. The lowest BCUT2D eigenvalue weighted by molar-refractivity contribution is -0.119. The predicted octanol–water partition coefficient (Wildman–Crippen LogP) is 2.08. The molecule has 1 aromatic rings. The fourth-order valence-corrected chi connectivity index (χ4v) is 2.19. The minimum atomic E-state index is 0.353. The van der Waals surface area contributed by atoms with Crippen molar-refractivity contribution in [3.8, 4) is 0 Å². The maximum absolute atomic E-state index is 11.8. The van der Waals surface area contributed by atoms with Gasteiger partial charge in [-0.1, -0.05) is 13.3 Å². The molecule has 0 radical (unpaired) electrons. The average Bonchev–Trinajstić information content (AvgIpc) is 2.77. The van der Waals surface area contributed by atoms with Crippen LogP contribution in [0.25, 0.3) is 0 Å². The Labute approximate surface area is 110 Å². The monoisotopic (exact) mass is 251 g/mol. The molecule has 1 aromatic heterocycles. The Morgan fingerprint density at radius 1 is 1.44 bits per heavy atom. The molecule has 0 aliphatic carbocycles. The largest absolute Gasteiger partial charge is 0.330 e. The minimum Gasteiger partial charge on any atom is -0.330 e. The maximum atomic E-state index is 11.8. The van der Waals surface area contributed by atoms with E-state index < -0.39 is 0 Å². The van der Waals surface area contributed by atoms with Crippen LogP contribution in [0, 0.1) is 5.92 Å². The van der Waals surface area contributed by atoms with Crippen molar-refractivity contribution in [1.29, 1.82) is 0 Å². The summed E-state index contributed by atoms with van der Waals surface area (Å²) in [4.78, 5) is 11.8. The van der Waals surface area contributed by atoms with Crippen LogP contribution in [0.3, 0.4) is 0 Å². The van der Waals surface area contributed by atoms with Crippen molar-refractivity contribution >= 4 is 5.78 Å². The summed E-state index contributed by atoms with van der Waals surface area (Å²) in [5, 5.41) is 4.10. The first-order valence-corrected chi connectivity index (χ1v) is 6.86. The molecule has 102 valence electrons. The maximum Gasteiger partial charge on any atom is 0.133 e. The summed E-state index contributed by atoms with van der Waals surface area (Å²) in [6.45, 7) is 2.89. The van der Waals surface area contributed by atoms with E-state index in [4.69, 9.17) is 5.73 Å². The van der Waals surface area contributed by atoms with Gasteiger partial charge in [0.1, 0.15) is 5.78 Å². The molecule has 4 heteroatoms. The third-order valence-electron chi connectivity index (χ3n) is 3.57.